The van der Waals surface area contributed by atoms with Crippen LogP contribution < -0.4 is 19.9 Å². The Labute approximate surface area is 147 Å². The van der Waals surface area contributed by atoms with Gasteiger partial charge < -0.3 is 29.7 Å². The number of carbonyl (C=O) groups excluding carboxylic acids is 2. The minimum absolute atomic E-state index is 0.101. The summed E-state index contributed by atoms with van der Waals surface area (Å²) in [7, 11) is 4.49. The number of amides is 2. The number of ether oxygens (including phenoxy) is 3. The van der Waals surface area contributed by atoms with Gasteiger partial charge in [0.15, 0.2) is 11.5 Å². The van der Waals surface area contributed by atoms with Crippen LogP contribution in [0.15, 0.2) is 12.1 Å². The number of methoxy groups -OCH3 is 3. The Kier molecular flexibility index (Phi) is 6.08. The van der Waals surface area contributed by atoms with E-state index in [-0.39, 0.29) is 11.8 Å². The number of benzene rings is 1. The van der Waals surface area contributed by atoms with Gasteiger partial charge in [-0.2, -0.15) is 0 Å². The van der Waals surface area contributed by atoms with Crippen molar-refractivity contribution in [3.05, 3.63) is 17.7 Å². The van der Waals surface area contributed by atoms with E-state index in [0.717, 1.165) is 0 Å². The predicted octanol–water partition coefficient (Wildman–Crippen LogP) is 0.344. The number of rotatable bonds is 5. The standard InChI is InChI=1S/C17H25N3O5/c1-11(18)16(21)19-7-9-20(10-8-19)17(22)12-5-6-13(23-2)15(25-4)14(12)24-3/h5-6,11H,7-10,18H2,1-4H3/t11-/m1/s1. The Morgan fingerprint density at radius 2 is 1.52 bits per heavy atom. The monoisotopic (exact) mass is 351 g/mol. The van der Waals surface area contributed by atoms with Crippen LogP contribution in [0.5, 0.6) is 17.2 Å². The zero-order chi connectivity index (χ0) is 18.6. The van der Waals surface area contributed by atoms with Crippen molar-refractivity contribution in [2.75, 3.05) is 47.5 Å². The zero-order valence-electron chi connectivity index (χ0n) is 15.1. The molecular formula is C17H25N3O5. The number of nitrogens with two attached hydrogens (primary N) is 1. The van der Waals surface area contributed by atoms with Gasteiger partial charge in [-0.1, -0.05) is 0 Å². The summed E-state index contributed by atoms with van der Waals surface area (Å²) in [6.45, 7) is 3.46. The first-order valence-electron chi connectivity index (χ1n) is 8.07. The summed E-state index contributed by atoms with van der Waals surface area (Å²) in [6.07, 6.45) is 0. The second-order valence-corrected chi connectivity index (χ2v) is 5.79. The van der Waals surface area contributed by atoms with Crippen molar-refractivity contribution in [3.63, 3.8) is 0 Å². The molecule has 25 heavy (non-hydrogen) atoms. The van der Waals surface area contributed by atoms with E-state index in [0.29, 0.717) is 49.0 Å². The van der Waals surface area contributed by atoms with Gasteiger partial charge in [0, 0.05) is 26.2 Å². The third-order valence-corrected chi connectivity index (χ3v) is 4.20. The average Bonchev–Trinajstić information content (AvgIpc) is 2.65. The quantitative estimate of drug-likeness (QED) is 0.822. The highest BCUT2D eigenvalue weighted by Crippen LogP contribution is 2.40. The van der Waals surface area contributed by atoms with Gasteiger partial charge in [0.25, 0.3) is 5.91 Å². The molecule has 0 saturated carbocycles. The van der Waals surface area contributed by atoms with Gasteiger partial charge in [-0.15, -0.1) is 0 Å². The molecule has 1 heterocycles. The fourth-order valence-electron chi connectivity index (χ4n) is 2.86. The molecule has 8 nitrogen and oxygen atoms in total. The molecule has 1 fully saturated rings. The normalized spacial score (nSPS) is 15.6. The number of hydrogen-bond donors (Lipinski definition) is 1. The molecular weight excluding hydrogens is 326 g/mol. The Morgan fingerprint density at radius 1 is 0.960 bits per heavy atom. The summed E-state index contributed by atoms with van der Waals surface area (Å²) < 4.78 is 15.9. The molecule has 1 saturated heterocycles. The molecule has 138 valence electrons. The van der Waals surface area contributed by atoms with Crippen molar-refractivity contribution in [2.24, 2.45) is 5.73 Å². The Hall–Kier alpha value is -2.48. The summed E-state index contributed by atoms with van der Waals surface area (Å²) in [5, 5.41) is 0. The largest absolute Gasteiger partial charge is 0.493 e. The summed E-state index contributed by atoms with van der Waals surface area (Å²) in [6, 6.07) is 2.79. The highest BCUT2D eigenvalue weighted by atomic mass is 16.5. The van der Waals surface area contributed by atoms with Gasteiger partial charge >= 0.3 is 0 Å². The maximum absolute atomic E-state index is 12.9. The van der Waals surface area contributed by atoms with Gasteiger partial charge in [0.1, 0.15) is 0 Å². The minimum Gasteiger partial charge on any atom is -0.493 e. The van der Waals surface area contributed by atoms with E-state index in [1.54, 1.807) is 28.9 Å². The van der Waals surface area contributed by atoms with E-state index < -0.39 is 6.04 Å². The van der Waals surface area contributed by atoms with Crippen LogP contribution in [0.2, 0.25) is 0 Å². The van der Waals surface area contributed by atoms with Gasteiger partial charge in [-0.05, 0) is 19.1 Å². The number of piperazine rings is 1. The third kappa shape index (κ3) is 3.79. The van der Waals surface area contributed by atoms with Gasteiger partial charge in [-0.3, -0.25) is 9.59 Å². The third-order valence-electron chi connectivity index (χ3n) is 4.20. The van der Waals surface area contributed by atoms with Crippen LogP contribution in [0.4, 0.5) is 0 Å². The molecule has 2 N–H and O–H groups in total. The highest BCUT2D eigenvalue weighted by molar-refractivity contribution is 5.98. The van der Waals surface area contributed by atoms with Gasteiger partial charge in [0.2, 0.25) is 11.7 Å². The lowest BCUT2D eigenvalue weighted by atomic mass is 10.1. The molecule has 2 rings (SSSR count). The number of nitrogens with zero attached hydrogens (tertiary/aromatic N) is 2. The molecule has 0 spiro atoms. The summed E-state index contributed by atoms with van der Waals surface area (Å²) in [5.74, 6) is 0.923. The van der Waals surface area contributed by atoms with Gasteiger partial charge in [-0.25, -0.2) is 0 Å². The smallest absolute Gasteiger partial charge is 0.257 e. The first-order valence-corrected chi connectivity index (χ1v) is 8.07. The van der Waals surface area contributed by atoms with Crippen LogP contribution >= 0.6 is 0 Å². The molecule has 2 amide bonds. The lowest BCUT2D eigenvalue weighted by Gasteiger charge is -2.35. The molecule has 1 atom stereocenters. The van der Waals surface area contributed by atoms with Crippen LogP contribution in [-0.4, -0.2) is 75.2 Å². The van der Waals surface area contributed by atoms with E-state index in [1.165, 1.54) is 21.3 Å². The summed E-state index contributed by atoms with van der Waals surface area (Å²) in [5.41, 5.74) is 6.03. The summed E-state index contributed by atoms with van der Waals surface area (Å²) in [4.78, 5) is 28.2. The zero-order valence-corrected chi connectivity index (χ0v) is 15.1. The van der Waals surface area contributed by atoms with Crippen molar-refractivity contribution < 1.29 is 23.8 Å². The van der Waals surface area contributed by atoms with Crippen LogP contribution in [0, 0.1) is 0 Å². The minimum atomic E-state index is -0.534. The maximum atomic E-state index is 12.9. The molecule has 0 bridgehead atoms. The Bertz CT molecular complexity index is 639. The van der Waals surface area contributed by atoms with Crippen LogP contribution in [0.1, 0.15) is 17.3 Å². The lowest BCUT2D eigenvalue weighted by molar-refractivity contribution is -0.133. The highest BCUT2D eigenvalue weighted by Gasteiger charge is 2.29. The van der Waals surface area contributed by atoms with Crippen LogP contribution in [-0.2, 0) is 4.79 Å². The second kappa shape index (κ2) is 8.06. The van der Waals surface area contributed by atoms with Crippen molar-refractivity contribution >= 4 is 11.8 Å². The SMILES string of the molecule is COc1ccc(C(=O)N2CCN(C(=O)[C@@H](C)N)CC2)c(OC)c1OC. The topological polar surface area (TPSA) is 94.3 Å². The van der Waals surface area contributed by atoms with Crippen LogP contribution in [0.25, 0.3) is 0 Å². The number of carbonyl (C=O) groups is 2. The molecule has 0 aliphatic carbocycles. The van der Waals surface area contributed by atoms with E-state index in [9.17, 15) is 9.59 Å². The molecule has 0 unspecified atom stereocenters. The molecule has 8 heteroatoms. The lowest BCUT2D eigenvalue weighted by Crippen LogP contribution is -2.53. The molecule has 1 aliphatic rings. The van der Waals surface area contributed by atoms with E-state index in [4.69, 9.17) is 19.9 Å². The average molecular weight is 351 g/mol. The van der Waals surface area contributed by atoms with Crippen molar-refractivity contribution in [2.45, 2.75) is 13.0 Å². The van der Waals surface area contributed by atoms with E-state index >= 15 is 0 Å². The number of hydrogen-bond acceptors (Lipinski definition) is 6. The first-order chi connectivity index (χ1) is 11.9. The Balaban J connectivity index is 2.18. The van der Waals surface area contributed by atoms with Crippen molar-refractivity contribution in [1.82, 2.24) is 9.80 Å². The summed E-state index contributed by atoms with van der Waals surface area (Å²) >= 11 is 0. The Morgan fingerprint density at radius 3 is 2.00 bits per heavy atom. The van der Waals surface area contributed by atoms with Crippen LogP contribution in [0.3, 0.4) is 0 Å². The fraction of sp³-hybridized carbons (Fsp3) is 0.529. The van der Waals surface area contributed by atoms with E-state index in [1.807, 2.05) is 0 Å². The predicted molar refractivity (Wildman–Crippen MR) is 92.2 cm³/mol. The van der Waals surface area contributed by atoms with E-state index in [2.05, 4.69) is 0 Å². The maximum Gasteiger partial charge on any atom is 0.257 e. The first kappa shape index (κ1) is 18.9. The molecule has 1 aromatic rings. The fourth-order valence-corrected chi connectivity index (χ4v) is 2.86. The second-order valence-electron chi connectivity index (χ2n) is 5.79. The van der Waals surface area contributed by atoms with Crippen molar-refractivity contribution in [1.29, 1.82) is 0 Å². The molecule has 1 aromatic carbocycles. The molecule has 1 aliphatic heterocycles. The molecule has 0 radical (unpaired) electrons. The van der Waals surface area contributed by atoms with Crippen molar-refractivity contribution in [3.8, 4) is 17.2 Å². The molecule has 0 aromatic heterocycles. The van der Waals surface area contributed by atoms with Gasteiger partial charge in [0.05, 0.1) is 32.9 Å².